The summed E-state index contributed by atoms with van der Waals surface area (Å²) < 4.78 is 5.18. The Morgan fingerprint density at radius 1 is 1.44 bits per heavy atom. The van der Waals surface area contributed by atoms with E-state index in [4.69, 9.17) is 4.74 Å². The molecular weight excluding hydrogens is 200 g/mol. The second-order valence-corrected chi connectivity index (χ2v) is 4.87. The van der Waals surface area contributed by atoms with E-state index in [1.54, 1.807) is 7.11 Å². The van der Waals surface area contributed by atoms with E-state index in [0.717, 1.165) is 19.2 Å². The minimum Gasteiger partial charge on any atom is -0.383 e. The Labute approximate surface area is 101 Å². The molecule has 2 atom stereocenters. The van der Waals surface area contributed by atoms with Crippen LogP contribution in [0.4, 0.5) is 0 Å². The summed E-state index contributed by atoms with van der Waals surface area (Å²) in [4.78, 5) is 2.56. The number of nitrogens with one attached hydrogen (secondary N) is 1. The molecule has 0 amide bonds. The van der Waals surface area contributed by atoms with Gasteiger partial charge in [-0.15, -0.1) is 0 Å². The molecule has 1 rings (SSSR count). The van der Waals surface area contributed by atoms with Crippen LogP contribution >= 0.6 is 0 Å². The van der Waals surface area contributed by atoms with Crippen molar-refractivity contribution >= 4 is 0 Å². The van der Waals surface area contributed by atoms with Gasteiger partial charge in [-0.1, -0.05) is 6.92 Å². The first kappa shape index (κ1) is 13.9. The van der Waals surface area contributed by atoms with Gasteiger partial charge in [0.25, 0.3) is 0 Å². The molecule has 0 bridgehead atoms. The van der Waals surface area contributed by atoms with Gasteiger partial charge in [0.05, 0.1) is 6.61 Å². The van der Waals surface area contributed by atoms with Gasteiger partial charge >= 0.3 is 0 Å². The lowest BCUT2D eigenvalue weighted by molar-refractivity contribution is 0.120. The van der Waals surface area contributed by atoms with Gasteiger partial charge in [-0.2, -0.15) is 0 Å². The summed E-state index contributed by atoms with van der Waals surface area (Å²) in [6, 6.07) is 1.44. The van der Waals surface area contributed by atoms with Crippen molar-refractivity contribution in [3.63, 3.8) is 0 Å². The van der Waals surface area contributed by atoms with Gasteiger partial charge in [0.15, 0.2) is 0 Å². The van der Waals surface area contributed by atoms with Crippen molar-refractivity contribution in [2.45, 2.75) is 51.6 Å². The third kappa shape index (κ3) is 4.81. The Kier molecular flexibility index (Phi) is 7.01. The van der Waals surface area contributed by atoms with Crippen molar-refractivity contribution in [1.82, 2.24) is 10.2 Å². The fraction of sp³-hybridized carbons (Fsp3) is 1.00. The molecule has 1 fully saturated rings. The predicted molar refractivity (Wildman–Crippen MR) is 68.8 cm³/mol. The summed E-state index contributed by atoms with van der Waals surface area (Å²) in [6.45, 7) is 8.92. The van der Waals surface area contributed by atoms with Crippen LogP contribution in [0.15, 0.2) is 0 Å². The summed E-state index contributed by atoms with van der Waals surface area (Å²) in [5.74, 6) is 0. The molecule has 96 valence electrons. The van der Waals surface area contributed by atoms with E-state index in [2.05, 4.69) is 24.1 Å². The monoisotopic (exact) mass is 228 g/mol. The first-order valence-electron chi connectivity index (χ1n) is 6.74. The lowest BCUT2D eigenvalue weighted by Gasteiger charge is -2.29. The second-order valence-electron chi connectivity index (χ2n) is 4.87. The number of nitrogens with zero attached hydrogens (tertiary/aromatic N) is 1. The molecule has 0 aromatic heterocycles. The standard InChI is InChI=1S/C13H28N2O/c1-4-12(2)15(10-11-16-3)9-7-13-6-5-8-14-13/h12-14H,4-11H2,1-3H3. The zero-order valence-electron chi connectivity index (χ0n) is 11.2. The highest BCUT2D eigenvalue weighted by Crippen LogP contribution is 2.11. The van der Waals surface area contributed by atoms with Gasteiger partial charge in [0.2, 0.25) is 0 Å². The highest BCUT2D eigenvalue weighted by molar-refractivity contribution is 4.76. The quantitative estimate of drug-likeness (QED) is 0.686. The van der Waals surface area contributed by atoms with Crippen LogP contribution in [0.3, 0.4) is 0 Å². The second kappa shape index (κ2) is 8.04. The fourth-order valence-electron chi connectivity index (χ4n) is 2.34. The number of methoxy groups -OCH3 is 1. The third-order valence-electron chi connectivity index (χ3n) is 3.72. The van der Waals surface area contributed by atoms with Gasteiger partial charge in [-0.3, -0.25) is 4.90 Å². The molecule has 3 heteroatoms. The molecule has 0 aliphatic carbocycles. The van der Waals surface area contributed by atoms with Crippen LogP contribution in [0.1, 0.15) is 39.5 Å². The maximum atomic E-state index is 5.18. The van der Waals surface area contributed by atoms with Gasteiger partial charge in [-0.05, 0) is 45.7 Å². The Morgan fingerprint density at radius 2 is 2.25 bits per heavy atom. The van der Waals surface area contributed by atoms with Crippen LogP contribution in [-0.2, 0) is 4.74 Å². The third-order valence-corrected chi connectivity index (χ3v) is 3.72. The Hall–Kier alpha value is -0.120. The number of hydrogen-bond acceptors (Lipinski definition) is 3. The molecule has 3 nitrogen and oxygen atoms in total. The molecule has 16 heavy (non-hydrogen) atoms. The highest BCUT2D eigenvalue weighted by atomic mass is 16.5. The van der Waals surface area contributed by atoms with Gasteiger partial charge < -0.3 is 10.1 Å². The normalized spacial score (nSPS) is 22.9. The lowest BCUT2D eigenvalue weighted by Crippen LogP contribution is -2.38. The predicted octanol–water partition coefficient (Wildman–Crippen LogP) is 1.88. The SMILES string of the molecule is CCC(C)N(CCOC)CCC1CCCN1. The topological polar surface area (TPSA) is 24.5 Å². The van der Waals surface area contributed by atoms with Crippen LogP contribution in [0, 0.1) is 0 Å². The Bertz CT molecular complexity index is 169. The number of rotatable bonds is 8. The van der Waals surface area contributed by atoms with E-state index in [1.807, 2.05) is 0 Å². The average Bonchev–Trinajstić information content (AvgIpc) is 2.81. The fourth-order valence-corrected chi connectivity index (χ4v) is 2.34. The molecule has 0 spiro atoms. The molecule has 0 aromatic rings. The first-order chi connectivity index (χ1) is 7.77. The van der Waals surface area contributed by atoms with Gasteiger partial charge in [0, 0.05) is 25.7 Å². The van der Waals surface area contributed by atoms with Crippen LogP contribution in [0.2, 0.25) is 0 Å². The van der Waals surface area contributed by atoms with Crippen molar-refractivity contribution in [1.29, 1.82) is 0 Å². The van der Waals surface area contributed by atoms with E-state index < -0.39 is 0 Å². The summed E-state index contributed by atoms with van der Waals surface area (Å²) in [7, 11) is 1.79. The largest absolute Gasteiger partial charge is 0.383 e. The van der Waals surface area contributed by atoms with Crippen LogP contribution in [0.5, 0.6) is 0 Å². The summed E-state index contributed by atoms with van der Waals surface area (Å²) in [6.07, 6.45) is 5.22. The molecule has 1 N–H and O–H groups in total. The van der Waals surface area contributed by atoms with Crippen molar-refractivity contribution in [2.75, 3.05) is 33.4 Å². The van der Waals surface area contributed by atoms with E-state index >= 15 is 0 Å². The average molecular weight is 228 g/mol. The van der Waals surface area contributed by atoms with E-state index in [-0.39, 0.29) is 0 Å². The zero-order chi connectivity index (χ0) is 11.8. The Balaban J connectivity index is 2.24. The molecule has 0 radical (unpaired) electrons. The maximum Gasteiger partial charge on any atom is 0.0589 e. The van der Waals surface area contributed by atoms with Crippen molar-refractivity contribution in [3.05, 3.63) is 0 Å². The summed E-state index contributed by atoms with van der Waals surface area (Å²) in [5.41, 5.74) is 0. The molecule has 0 aromatic carbocycles. The minimum atomic E-state index is 0.677. The van der Waals surface area contributed by atoms with E-state index in [1.165, 1.54) is 38.8 Å². The van der Waals surface area contributed by atoms with E-state index in [0.29, 0.717) is 6.04 Å². The zero-order valence-corrected chi connectivity index (χ0v) is 11.2. The van der Waals surface area contributed by atoms with E-state index in [9.17, 15) is 0 Å². The Morgan fingerprint density at radius 3 is 2.81 bits per heavy atom. The minimum absolute atomic E-state index is 0.677. The molecule has 1 heterocycles. The maximum absolute atomic E-state index is 5.18. The lowest BCUT2D eigenvalue weighted by atomic mass is 10.1. The van der Waals surface area contributed by atoms with Crippen LogP contribution < -0.4 is 5.32 Å². The summed E-state index contributed by atoms with van der Waals surface area (Å²) >= 11 is 0. The molecular formula is C13H28N2O. The molecule has 1 saturated heterocycles. The molecule has 0 saturated carbocycles. The van der Waals surface area contributed by atoms with Crippen LogP contribution in [-0.4, -0.2) is 50.3 Å². The number of ether oxygens (including phenoxy) is 1. The first-order valence-corrected chi connectivity index (χ1v) is 6.74. The summed E-state index contributed by atoms with van der Waals surface area (Å²) in [5, 5.41) is 3.57. The smallest absolute Gasteiger partial charge is 0.0589 e. The van der Waals surface area contributed by atoms with Crippen LogP contribution in [0.25, 0.3) is 0 Å². The highest BCUT2D eigenvalue weighted by Gasteiger charge is 2.17. The van der Waals surface area contributed by atoms with Gasteiger partial charge in [0.1, 0.15) is 0 Å². The molecule has 1 aliphatic heterocycles. The van der Waals surface area contributed by atoms with Gasteiger partial charge in [-0.25, -0.2) is 0 Å². The van der Waals surface area contributed by atoms with Crippen molar-refractivity contribution in [2.24, 2.45) is 0 Å². The molecule has 2 unspecified atom stereocenters. The van der Waals surface area contributed by atoms with Crippen molar-refractivity contribution < 1.29 is 4.74 Å². The van der Waals surface area contributed by atoms with Crippen molar-refractivity contribution in [3.8, 4) is 0 Å². The number of hydrogen-bond donors (Lipinski definition) is 1. The molecule has 1 aliphatic rings.